The third-order valence-corrected chi connectivity index (χ3v) is 7.45. The van der Waals surface area contributed by atoms with E-state index >= 15 is 0 Å². The number of amides is 1. The van der Waals surface area contributed by atoms with Gasteiger partial charge < -0.3 is 0 Å². The molecule has 0 bridgehead atoms. The van der Waals surface area contributed by atoms with Gasteiger partial charge in [-0.3, -0.25) is 15.1 Å². The van der Waals surface area contributed by atoms with E-state index in [0.717, 1.165) is 33.0 Å². The normalized spacial score (nSPS) is 19.0. The number of carbonyl (C=O) groups excluding carboxylic acids is 1. The monoisotopic (exact) mass is 447 g/mol. The van der Waals surface area contributed by atoms with Gasteiger partial charge in [-0.15, -0.1) is 0 Å². The molecule has 5 heteroatoms. The number of nitrogens with one attached hydrogen (secondary N) is 1. The Labute approximate surface area is 197 Å². The highest BCUT2D eigenvalue weighted by atomic mass is 32.2. The van der Waals surface area contributed by atoms with Gasteiger partial charge in [0.15, 0.2) is 0 Å². The van der Waals surface area contributed by atoms with Crippen LogP contribution in [0, 0.1) is 0 Å². The van der Waals surface area contributed by atoms with Gasteiger partial charge in [0.2, 0.25) is 4.87 Å². The fraction of sp³-hybridized carbons (Fsp3) is 0.0714. The van der Waals surface area contributed by atoms with Gasteiger partial charge >= 0.3 is 0 Å². The summed E-state index contributed by atoms with van der Waals surface area (Å²) in [6.45, 7) is 0. The van der Waals surface area contributed by atoms with Gasteiger partial charge in [0.05, 0.1) is 11.7 Å². The maximum atomic E-state index is 14.3. The molecule has 4 aromatic carbocycles. The van der Waals surface area contributed by atoms with Gasteiger partial charge in [-0.1, -0.05) is 121 Å². The number of benzene rings is 4. The van der Waals surface area contributed by atoms with Crippen molar-refractivity contribution in [3.05, 3.63) is 138 Å². The largest absolute Gasteiger partial charge is 0.297 e. The van der Waals surface area contributed by atoms with Gasteiger partial charge in [-0.05, 0) is 17.2 Å². The topological polar surface area (TPSA) is 44.7 Å². The molecule has 1 amide bonds. The molecule has 33 heavy (non-hydrogen) atoms. The molecule has 2 heterocycles. The predicted octanol–water partition coefficient (Wildman–Crippen LogP) is 5.67. The molecule has 0 radical (unpaired) electrons. The van der Waals surface area contributed by atoms with E-state index in [-0.39, 0.29) is 11.9 Å². The lowest BCUT2D eigenvalue weighted by atomic mass is 9.97. The van der Waals surface area contributed by atoms with Crippen LogP contribution in [0.1, 0.15) is 28.3 Å². The molecule has 2 aliphatic rings. The standard InChI is InChI=1S/C28H21N3OS/c32-27-28(30-29-26(33-28)22-16-8-3-9-17-22)23-18-10-11-19-24(23)31(27)25(20-12-4-1-5-13-20)21-14-6-2-7-15-21/h1-19,25,30H. The molecule has 2 aliphatic heterocycles. The first-order valence-corrected chi connectivity index (χ1v) is 11.7. The zero-order valence-corrected chi connectivity index (χ0v) is 18.6. The number of nitrogens with zero attached hydrogens (tertiary/aromatic N) is 2. The van der Waals surface area contributed by atoms with Gasteiger partial charge in [0.1, 0.15) is 5.04 Å². The van der Waals surface area contributed by atoms with Crippen molar-refractivity contribution in [3.63, 3.8) is 0 Å². The minimum atomic E-state index is -0.983. The van der Waals surface area contributed by atoms with E-state index in [1.165, 1.54) is 11.8 Å². The van der Waals surface area contributed by atoms with Crippen molar-refractivity contribution in [2.24, 2.45) is 5.10 Å². The minimum absolute atomic E-state index is 0.0129. The minimum Gasteiger partial charge on any atom is -0.297 e. The Morgan fingerprint density at radius 1 is 0.727 bits per heavy atom. The molecule has 1 N–H and O–H groups in total. The third kappa shape index (κ3) is 3.16. The molecule has 4 nitrogen and oxygen atoms in total. The number of thioether (sulfide) groups is 1. The lowest BCUT2D eigenvalue weighted by Crippen LogP contribution is -2.45. The Kier molecular flexibility index (Phi) is 4.77. The second kappa shape index (κ2) is 7.94. The van der Waals surface area contributed by atoms with E-state index in [0.29, 0.717) is 0 Å². The lowest BCUT2D eigenvalue weighted by molar-refractivity contribution is -0.121. The average molecular weight is 448 g/mol. The number of hydrazone groups is 1. The molecule has 160 valence electrons. The number of fused-ring (bicyclic) bond motifs is 2. The number of rotatable bonds is 4. The molecular weight excluding hydrogens is 426 g/mol. The van der Waals surface area contributed by atoms with Crippen LogP contribution in [0.5, 0.6) is 0 Å². The second-order valence-electron chi connectivity index (χ2n) is 8.09. The van der Waals surface area contributed by atoms with Crippen LogP contribution in [0.15, 0.2) is 120 Å². The molecule has 4 aromatic rings. The van der Waals surface area contributed by atoms with Crippen LogP contribution in [0.25, 0.3) is 0 Å². The zero-order chi connectivity index (χ0) is 22.3. The zero-order valence-electron chi connectivity index (χ0n) is 17.8. The van der Waals surface area contributed by atoms with Gasteiger partial charge in [0, 0.05) is 11.1 Å². The van der Waals surface area contributed by atoms with Crippen molar-refractivity contribution in [1.29, 1.82) is 0 Å². The fourth-order valence-corrected chi connectivity index (χ4v) is 5.82. The molecule has 0 saturated heterocycles. The first kappa shape index (κ1) is 19.8. The SMILES string of the molecule is O=C1N(C(c2ccccc2)c2ccccc2)c2ccccc2C12NN=C(c1ccccc1)S2. The number of anilines is 1. The maximum Gasteiger partial charge on any atom is 0.270 e. The van der Waals surface area contributed by atoms with Crippen LogP contribution in [-0.2, 0) is 9.67 Å². The summed E-state index contributed by atoms with van der Waals surface area (Å²) in [7, 11) is 0. The summed E-state index contributed by atoms with van der Waals surface area (Å²) < 4.78 is 0. The van der Waals surface area contributed by atoms with Gasteiger partial charge in [0.25, 0.3) is 5.91 Å². The van der Waals surface area contributed by atoms with Gasteiger partial charge in [-0.25, -0.2) is 0 Å². The van der Waals surface area contributed by atoms with E-state index in [1.807, 2.05) is 95.9 Å². The van der Waals surface area contributed by atoms with Crippen LogP contribution in [0.2, 0.25) is 0 Å². The van der Waals surface area contributed by atoms with Crippen molar-refractivity contribution in [2.75, 3.05) is 4.90 Å². The number of para-hydroxylation sites is 1. The third-order valence-electron chi connectivity index (χ3n) is 6.14. The summed E-state index contributed by atoms with van der Waals surface area (Å²) in [4.78, 5) is 15.3. The first-order chi connectivity index (χ1) is 16.3. The Bertz CT molecular complexity index is 1300. The summed E-state index contributed by atoms with van der Waals surface area (Å²) >= 11 is 1.48. The highest BCUT2D eigenvalue weighted by Gasteiger charge is 2.57. The van der Waals surface area contributed by atoms with E-state index in [9.17, 15) is 4.79 Å². The summed E-state index contributed by atoms with van der Waals surface area (Å²) in [6.07, 6.45) is 0. The van der Waals surface area contributed by atoms with Crippen LogP contribution in [0.3, 0.4) is 0 Å². The highest BCUT2D eigenvalue weighted by molar-refractivity contribution is 8.16. The summed E-state index contributed by atoms with van der Waals surface area (Å²) in [5.74, 6) is -0.0129. The molecular formula is C28H21N3OS. The van der Waals surface area contributed by atoms with Gasteiger partial charge in [-0.2, -0.15) is 5.10 Å². The lowest BCUT2D eigenvalue weighted by Gasteiger charge is -2.31. The molecule has 0 aliphatic carbocycles. The summed E-state index contributed by atoms with van der Waals surface area (Å²) in [6, 6.07) is 38.2. The van der Waals surface area contributed by atoms with Crippen molar-refractivity contribution in [3.8, 4) is 0 Å². The number of hydrogen-bond acceptors (Lipinski definition) is 4. The van der Waals surface area contributed by atoms with Crippen LogP contribution < -0.4 is 10.3 Å². The molecule has 1 unspecified atom stereocenters. The van der Waals surface area contributed by atoms with E-state index in [4.69, 9.17) is 0 Å². The average Bonchev–Trinajstić information content (AvgIpc) is 3.44. The van der Waals surface area contributed by atoms with Crippen molar-refractivity contribution >= 4 is 28.4 Å². The Morgan fingerprint density at radius 3 is 1.91 bits per heavy atom. The molecule has 0 fully saturated rings. The second-order valence-corrected chi connectivity index (χ2v) is 9.30. The Hall–Kier alpha value is -3.83. The molecule has 1 spiro atoms. The summed E-state index contributed by atoms with van der Waals surface area (Å²) in [5.41, 5.74) is 8.21. The highest BCUT2D eigenvalue weighted by Crippen LogP contribution is 2.53. The fourth-order valence-electron chi connectivity index (χ4n) is 4.62. The maximum absolute atomic E-state index is 14.3. The molecule has 6 rings (SSSR count). The van der Waals surface area contributed by atoms with Crippen molar-refractivity contribution in [2.45, 2.75) is 10.9 Å². The first-order valence-electron chi connectivity index (χ1n) is 10.9. The number of hydrogen-bond donors (Lipinski definition) is 1. The van der Waals surface area contributed by atoms with E-state index in [2.05, 4.69) is 34.8 Å². The smallest absolute Gasteiger partial charge is 0.270 e. The molecule has 1 atom stereocenters. The van der Waals surface area contributed by atoms with Crippen molar-refractivity contribution < 1.29 is 4.79 Å². The van der Waals surface area contributed by atoms with Crippen LogP contribution in [-0.4, -0.2) is 11.0 Å². The Balaban J connectivity index is 1.48. The van der Waals surface area contributed by atoms with E-state index < -0.39 is 4.87 Å². The van der Waals surface area contributed by atoms with E-state index in [1.54, 1.807) is 0 Å². The summed E-state index contributed by atoms with van der Waals surface area (Å²) in [5, 5.41) is 5.43. The van der Waals surface area contributed by atoms with Crippen LogP contribution in [0.4, 0.5) is 5.69 Å². The Morgan fingerprint density at radius 2 is 1.27 bits per heavy atom. The van der Waals surface area contributed by atoms with Crippen LogP contribution >= 0.6 is 11.8 Å². The quantitative estimate of drug-likeness (QED) is 0.438. The predicted molar refractivity (Wildman–Crippen MR) is 134 cm³/mol. The molecule has 0 saturated carbocycles. The molecule has 0 aromatic heterocycles. The number of carbonyl (C=O) groups is 1. The van der Waals surface area contributed by atoms with Crippen molar-refractivity contribution in [1.82, 2.24) is 5.43 Å².